The van der Waals surface area contributed by atoms with E-state index in [0.717, 1.165) is 49.8 Å². The van der Waals surface area contributed by atoms with Gasteiger partial charge in [0.2, 0.25) is 29.5 Å². The molecule has 9 unspecified atom stereocenters. The van der Waals surface area contributed by atoms with Gasteiger partial charge in [-0.3, -0.25) is 38.9 Å². The molecule has 17 N–H and O–H groups in total. The number of nitrogens with two attached hydrogens (primary N) is 2. The Kier molecular flexibility index (Phi) is 28.9. The molecule has 4 rings (SSSR count). The van der Waals surface area contributed by atoms with E-state index in [9.17, 15) is 74.4 Å². The molecule has 80 heavy (non-hydrogen) atoms. The van der Waals surface area contributed by atoms with Gasteiger partial charge in [0.25, 0.3) is 0 Å². The number of ketones is 2. The molecule has 3 aliphatic rings. The van der Waals surface area contributed by atoms with Gasteiger partial charge in [0, 0.05) is 37.6 Å². The summed E-state index contributed by atoms with van der Waals surface area (Å²) in [5, 5.41) is 104. The first kappa shape index (κ1) is 67.8. The van der Waals surface area contributed by atoms with Crippen LogP contribution in [-0.2, 0) is 33.6 Å². The minimum absolute atomic E-state index is 0.00267. The summed E-state index contributed by atoms with van der Waals surface area (Å²) in [5.41, 5.74) is 11.5. The van der Waals surface area contributed by atoms with E-state index in [1.54, 1.807) is 0 Å². The van der Waals surface area contributed by atoms with Gasteiger partial charge in [0.05, 0.1) is 42.5 Å². The highest BCUT2D eigenvalue weighted by molar-refractivity contribution is 5.99. The summed E-state index contributed by atoms with van der Waals surface area (Å²) in [6.45, 7) is 8.06. The lowest BCUT2D eigenvalue weighted by atomic mass is 9.80. The van der Waals surface area contributed by atoms with Gasteiger partial charge in [-0.05, 0) is 107 Å². The number of nitrogens with one attached hydrogen (secondary N) is 5. The summed E-state index contributed by atoms with van der Waals surface area (Å²) in [7, 11) is 0. The molecule has 2 heterocycles. The molecule has 2 saturated heterocycles. The van der Waals surface area contributed by atoms with E-state index in [2.05, 4.69) is 47.4 Å². The quantitative estimate of drug-likeness (QED) is 0.0541. The number of phenols is 1. The number of benzene rings is 1. The van der Waals surface area contributed by atoms with Crippen LogP contribution in [0, 0.1) is 29.6 Å². The normalized spacial score (nSPS) is 29.0. The molecule has 1 saturated carbocycles. The van der Waals surface area contributed by atoms with Crippen molar-refractivity contribution in [2.75, 3.05) is 26.2 Å². The highest BCUT2D eigenvalue weighted by Crippen LogP contribution is 2.38. The Morgan fingerprint density at radius 1 is 0.725 bits per heavy atom. The second kappa shape index (κ2) is 34.0. The van der Waals surface area contributed by atoms with Crippen LogP contribution in [0.2, 0.25) is 0 Å². The van der Waals surface area contributed by atoms with Crippen molar-refractivity contribution in [1.82, 2.24) is 31.5 Å². The van der Waals surface area contributed by atoms with Crippen molar-refractivity contribution in [3.63, 3.8) is 0 Å². The average molecular weight is 1130 g/mol. The highest BCUT2D eigenvalue weighted by Gasteiger charge is 2.50. The van der Waals surface area contributed by atoms with Gasteiger partial charge in [-0.15, -0.1) is 0 Å². The Bertz CT molecular complexity index is 2120. The van der Waals surface area contributed by atoms with Crippen molar-refractivity contribution in [1.29, 1.82) is 0 Å². The van der Waals surface area contributed by atoms with Gasteiger partial charge < -0.3 is 78.5 Å². The molecule has 3 fully saturated rings. The lowest BCUT2D eigenvalue weighted by molar-refractivity contribution is -0.148. The molecule has 0 spiro atoms. The van der Waals surface area contributed by atoms with Crippen LogP contribution in [0.25, 0.3) is 0 Å². The van der Waals surface area contributed by atoms with Gasteiger partial charge >= 0.3 is 0 Å². The van der Waals surface area contributed by atoms with Gasteiger partial charge in [-0.2, -0.15) is 0 Å². The minimum Gasteiger partial charge on any atom is -0.508 e. The van der Waals surface area contributed by atoms with E-state index in [4.69, 9.17) is 11.5 Å². The van der Waals surface area contributed by atoms with Crippen molar-refractivity contribution >= 4 is 41.1 Å². The zero-order valence-electron chi connectivity index (χ0n) is 47.4. The van der Waals surface area contributed by atoms with Crippen LogP contribution in [0.15, 0.2) is 24.3 Å². The van der Waals surface area contributed by atoms with E-state index in [-0.39, 0.29) is 63.1 Å². The SMILES string of the molecule is CCC(C)CC(C)CCCCCCCCC(=O)N[C@H]1C[C@@H](O)C(NCCCCCN)NC(=O)C2[C@@H](O)CCN2C(=O)C([C@H](O)CCN)NC(=O)C([C@H](O)[C@@H](O)c2ccc(O)cc2)CC(=O)C2C[C@@H](O)CC2C(=O)C([C@@H](C)O)NC1=O. The number of amides is 5. The topological polar surface area (TPSA) is 397 Å². The number of carbonyl (C=O) groups excluding carboxylic acids is 7. The fourth-order valence-corrected chi connectivity index (χ4v) is 11.4. The molecular weight excluding hydrogens is 1040 g/mol. The van der Waals surface area contributed by atoms with E-state index in [0.29, 0.717) is 44.1 Å². The van der Waals surface area contributed by atoms with Crippen molar-refractivity contribution in [3.05, 3.63) is 29.8 Å². The molecule has 454 valence electrons. The number of aromatic hydroxyl groups is 1. The van der Waals surface area contributed by atoms with E-state index in [1.807, 2.05) is 0 Å². The summed E-state index contributed by atoms with van der Waals surface area (Å²) in [5.74, 6) is -10.3. The number of fused-ring (bicyclic) bond motifs is 2. The molecule has 1 aliphatic carbocycles. The number of phenolic OH excluding ortho intramolecular Hbond substituents is 1. The summed E-state index contributed by atoms with van der Waals surface area (Å²) in [4.78, 5) is 102. The summed E-state index contributed by atoms with van der Waals surface area (Å²) < 4.78 is 0. The maximum atomic E-state index is 14.7. The first-order valence-electron chi connectivity index (χ1n) is 29.3. The molecule has 23 heteroatoms. The van der Waals surface area contributed by atoms with Gasteiger partial charge in [0.15, 0.2) is 5.78 Å². The number of hydrogen-bond donors (Lipinski definition) is 15. The van der Waals surface area contributed by atoms with E-state index >= 15 is 0 Å². The number of hydrogen-bond acceptors (Lipinski definition) is 18. The third kappa shape index (κ3) is 20.3. The van der Waals surface area contributed by atoms with Crippen molar-refractivity contribution in [2.45, 2.75) is 223 Å². The Balaban J connectivity index is 1.75. The Morgan fingerprint density at radius 2 is 1.36 bits per heavy atom. The predicted molar refractivity (Wildman–Crippen MR) is 296 cm³/mol. The average Bonchev–Trinajstić information content (AvgIpc) is 4.12. The summed E-state index contributed by atoms with van der Waals surface area (Å²) >= 11 is 0. The first-order chi connectivity index (χ1) is 38.0. The molecule has 23 nitrogen and oxygen atoms in total. The summed E-state index contributed by atoms with van der Waals surface area (Å²) in [6, 6.07) is -2.10. The van der Waals surface area contributed by atoms with Crippen LogP contribution in [-0.4, -0.2) is 180 Å². The van der Waals surface area contributed by atoms with Crippen molar-refractivity contribution < 1.29 is 74.4 Å². The molecule has 2 aliphatic heterocycles. The number of rotatable bonds is 26. The van der Waals surface area contributed by atoms with Crippen LogP contribution in [0.3, 0.4) is 0 Å². The second-order valence-corrected chi connectivity index (χ2v) is 23.0. The third-order valence-electron chi connectivity index (χ3n) is 16.4. The Hall–Kier alpha value is -4.69. The molecule has 0 aromatic heterocycles. The van der Waals surface area contributed by atoms with Crippen molar-refractivity contribution in [2.24, 2.45) is 41.1 Å². The Labute approximate surface area is 471 Å². The van der Waals surface area contributed by atoms with Crippen LogP contribution >= 0.6 is 0 Å². The largest absolute Gasteiger partial charge is 0.508 e. The Morgan fingerprint density at radius 3 is 2.01 bits per heavy atom. The number of carbonyl (C=O) groups is 7. The molecule has 5 amide bonds. The fourth-order valence-electron chi connectivity index (χ4n) is 11.4. The van der Waals surface area contributed by atoms with Gasteiger partial charge in [-0.25, -0.2) is 0 Å². The fraction of sp³-hybridized carbons (Fsp3) is 0.772. The number of unbranched alkanes of at least 4 members (excludes halogenated alkanes) is 7. The maximum Gasteiger partial charge on any atom is 0.248 e. The number of nitrogens with zero attached hydrogens (tertiary/aromatic N) is 1. The van der Waals surface area contributed by atoms with Gasteiger partial charge in [-0.1, -0.05) is 84.3 Å². The predicted octanol–water partition coefficient (Wildman–Crippen LogP) is -0.0566. The minimum atomic E-state index is -2.15. The lowest BCUT2D eigenvalue weighted by Gasteiger charge is -2.34. The standard InChI is InChI=1S/C57H96N8O15/c1-5-32(2)27-33(3)15-11-8-6-7-9-12-16-46(73)61-41-31-45(72)53(60-25-14-10-13-23-58)64-56(79)49-43(70)22-26-65(49)57(80)48(42(69)21-24-59)63-54(77)40(52(76)50(74)35-17-19-36(67)20-18-35)30-44(71)38-28-37(68)29-39(38)51(75)47(34(4)66)62-55(41)78/h17-20,32-34,37-43,45,47-50,52-53,60,66-70,72,74,76H,5-16,21-31,58-59H2,1-4H3,(H,61,73)(H,62,78)(H,63,77)(H,64,79)/t32?,33?,34-,37-,38?,39?,40?,41+,42-,43+,45-,47?,48?,49?,50+,52+,53?/m1/s1. The molecule has 1 aromatic rings. The van der Waals surface area contributed by atoms with E-state index in [1.165, 1.54) is 37.6 Å². The molecular formula is C57H96N8O15. The number of aliphatic hydroxyl groups excluding tert-OH is 7. The number of Topliss-reactive ketones (excluding diaryl/α,β-unsaturated/α-hetero) is 2. The van der Waals surface area contributed by atoms with E-state index < -0.39 is 145 Å². The smallest absolute Gasteiger partial charge is 0.248 e. The third-order valence-corrected chi connectivity index (χ3v) is 16.4. The highest BCUT2D eigenvalue weighted by atomic mass is 16.3. The maximum absolute atomic E-state index is 14.7. The zero-order valence-corrected chi connectivity index (χ0v) is 47.4. The van der Waals surface area contributed by atoms with Crippen LogP contribution in [0.4, 0.5) is 0 Å². The second-order valence-electron chi connectivity index (χ2n) is 23.0. The monoisotopic (exact) mass is 1130 g/mol. The van der Waals surface area contributed by atoms with Crippen LogP contribution < -0.4 is 38.1 Å². The zero-order chi connectivity index (χ0) is 59.2. The first-order valence-corrected chi connectivity index (χ1v) is 29.3. The summed E-state index contributed by atoms with van der Waals surface area (Å²) in [6.07, 6.45) is -5.46. The molecule has 1 aromatic carbocycles. The number of aliphatic hydroxyl groups is 7. The molecule has 0 bridgehead atoms. The molecule has 0 radical (unpaired) electrons. The van der Waals surface area contributed by atoms with Crippen LogP contribution in [0.5, 0.6) is 5.75 Å². The van der Waals surface area contributed by atoms with Crippen molar-refractivity contribution in [3.8, 4) is 5.75 Å². The van der Waals surface area contributed by atoms with Crippen LogP contribution in [0.1, 0.15) is 161 Å². The molecule has 17 atom stereocenters. The van der Waals surface area contributed by atoms with Gasteiger partial charge in [0.1, 0.15) is 48.0 Å². The lowest BCUT2D eigenvalue weighted by Crippen LogP contribution is -2.63.